The van der Waals surface area contributed by atoms with Crippen molar-refractivity contribution in [2.45, 2.75) is 39.8 Å². The zero-order valence-electron chi connectivity index (χ0n) is 19.7. The van der Waals surface area contributed by atoms with Crippen molar-refractivity contribution in [3.8, 4) is 5.69 Å². The number of pyridine rings is 1. The minimum absolute atomic E-state index is 0.141. The number of halogens is 1. The van der Waals surface area contributed by atoms with Crippen LogP contribution in [0.4, 0.5) is 10.1 Å². The van der Waals surface area contributed by atoms with Crippen molar-refractivity contribution in [3.63, 3.8) is 0 Å². The highest BCUT2D eigenvalue weighted by atomic mass is 32.1. The van der Waals surface area contributed by atoms with E-state index in [9.17, 15) is 4.39 Å². The van der Waals surface area contributed by atoms with Crippen LogP contribution < -0.4 is 10.2 Å². The molecule has 1 saturated heterocycles. The summed E-state index contributed by atoms with van der Waals surface area (Å²) in [6, 6.07) is 21.6. The molecule has 4 nitrogen and oxygen atoms in total. The number of aryl methyl sites for hydroxylation is 3. The van der Waals surface area contributed by atoms with E-state index >= 15 is 0 Å². The number of nitrogens with zero attached hydrogens (tertiary/aromatic N) is 3. The Bertz CT molecular complexity index is 1360. The summed E-state index contributed by atoms with van der Waals surface area (Å²) in [6.45, 7) is 8.14. The molecule has 0 radical (unpaired) electrons. The predicted octanol–water partition coefficient (Wildman–Crippen LogP) is 6.42. The van der Waals surface area contributed by atoms with Gasteiger partial charge in [0.2, 0.25) is 0 Å². The first-order chi connectivity index (χ1) is 16.3. The van der Waals surface area contributed by atoms with Crippen LogP contribution in [0, 0.1) is 33.5 Å². The zero-order valence-corrected chi connectivity index (χ0v) is 20.5. The molecule has 0 saturated carbocycles. The maximum atomic E-state index is 14.1. The molecule has 0 spiro atoms. The summed E-state index contributed by atoms with van der Waals surface area (Å²) in [6.07, 6.45) is 1.80. The van der Waals surface area contributed by atoms with Gasteiger partial charge >= 0.3 is 0 Å². The number of hydrogen-bond acceptors (Lipinski definition) is 2. The molecule has 3 heterocycles. The molecule has 2 aromatic heterocycles. The molecule has 34 heavy (non-hydrogen) atoms. The number of rotatable bonds is 4. The molecule has 1 N–H and O–H groups in total. The fraction of sp³-hybridized carbons (Fsp3) is 0.214. The molecule has 6 heteroatoms. The van der Waals surface area contributed by atoms with Crippen LogP contribution in [0.15, 0.2) is 72.9 Å². The second-order valence-corrected chi connectivity index (χ2v) is 9.31. The van der Waals surface area contributed by atoms with Crippen LogP contribution in [-0.4, -0.2) is 14.7 Å². The van der Waals surface area contributed by atoms with Crippen LogP contribution in [-0.2, 0) is 0 Å². The molecule has 0 amide bonds. The normalized spacial score (nSPS) is 17.8. The summed E-state index contributed by atoms with van der Waals surface area (Å²) in [4.78, 5) is 6.74. The van der Waals surface area contributed by atoms with Gasteiger partial charge in [-0.05, 0) is 99.6 Å². The van der Waals surface area contributed by atoms with Gasteiger partial charge in [0.25, 0.3) is 0 Å². The van der Waals surface area contributed by atoms with Gasteiger partial charge in [0, 0.05) is 29.0 Å². The number of benzene rings is 2. The van der Waals surface area contributed by atoms with Crippen LogP contribution in [0.25, 0.3) is 5.69 Å². The lowest BCUT2D eigenvalue weighted by Gasteiger charge is -2.28. The van der Waals surface area contributed by atoms with E-state index in [0.717, 1.165) is 34.0 Å². The fourth-order valence-corrected chi connectivity index (χ4v) is 5.25. The third-order valence-electron chi connectivity index (χ3n) is 6.60. The van der Waals surface area contributed by atoms with Crippen LogP contribution in [0.2, 0.25) is 0 Å². The Morgan fingerprint density at radius 2 is 1.65 bits per heavy atom. The van der Waals surface area contributed by atoms with Crippen LogP contribution in [0.5, 0.6) is 0 Å². The van der Waals surface area contributed by atoms with Crippen molar-refractivity contribution in [3.05, 3.63) is 113 Å². The summed E-state index contributed by atoms with van der Waals surface area (Å²) in [5.41, 5.74) is 8.15. The van der Waals surface area contributed by atoms with Crippen molar-refractivity contribution in [1.29, 1.82) is 0 Å². The van der Waals surface area contributed by atoms with Crippen molar-refractivity contribution in [2.75, 3.05) is 4.90 Å². The van der Waals surface area contributed by atoms with Gasteiger partial charge in [-0.3, -0.25) is 4.98 Å². The Kier molecular flexibility index (Phi) is 5.70. The third kappa shape index (κ3) is 3.78. The standard InChI is InChI=1S/C28H27FN4S/c1-17-8-10-21(11-9-17)32-19(3)16-23(20(32)4)27-26(25-7-5-6-14-30-25)31-28(34)33(27)22-12-13-24(29)18(2)15-22/h5-16,26-27H,1-4H3,(H,31,34)/t26-,27+/m0/s1. The maximum absolute atomic E-state index is 14.1. The van der Waals surface area contributed by atoms with Crippen LogP contribution >= 0.6 is 12.2 Å². The Morgan fingerprint density at radius 1 is 0.912 bits per heavy atom. The van der Waals surface area contributed by atoms with Gasteiger partial charge in [-0.15, -0.1) is 0 Å². The Morgan fingerprint density at radius 3 is 2.32 bits per heavy atom. The van der Waals surface area contributed by atoms with E-state index in [-0.39, 0.29) is 17.9 Å². The van der Waals surface area contributed by atoms with E-state index < -0.39 is 0 Å². The number of anilines is 1. The molecular formula is C28H27FN4S. The molecule has 0 aliphatic carbocycles. The fourth-order valence-electron chi connectivity index (χ4n) is 4.91. The number of thiocarbonyl (C=S) groups is 1. The SMILES string of the molecule is Cc1ccc(-n2c(C)cc([C@@H]3[C@H](c4ccccn4)NC(=S)N3c3ccc(F)c(C)c3)c2C)cc1. The zero-order chi connectivity index (χ0) is 24.0. The molecule has 4 aromatic rings. The second kappa shape index (κ2) is 8.69. The molecule has 0 unspecified atom stereocenters. The molecule has 1 aliphatic rings. The Labute approximate surface area is 205 Å². The van der Waals surface area contributed by atoms with Crippen molar-refractivity contribution < 1.29 is 4.39 Å². The summed E-state index contributed by atoms with van der Waals surface area (Å²) in [7, 11) is 0. The van der Waals surface area contributed by atoms with Gasteiger partial charge in [0.15, 0.2) is 5.11 Å². The molecule has 2 aromatic carbocycles. The van der Waals surface area contributed by atoms with Gasteiger partial charge in [-0.1, -0.05) is 23.8 Å². The van der Waals surface area contributed by atoms with E-state index in [1.807, 2.05) is 24.3 Å². The first-order valence-corrected chi connectivity index (χ1v) is 11.8. The second-order valence-electron chi connectivity index (χ2n) is 8.93. The molecule has 1 aliphatic heterocycles. The van der Waals surface area contributed by atoms with Crippen molar-refractivity contribution in [2.24, 2.45) is 0 Å². The monoisotopic (exact) mass is 470 g/mol. The predicted molar refractivity (Wildman–Crippen MR) is 139 cm³/mol. The van der Waals surface area contributed by atoms with E-state index in [1.54, 1.807) is 19.2 Å². The maximum Gasteiger partial charge on any atom is 0.174 e. The minimum atomic E-state index is -0.225. The van der Waals surface area contributed by atoms with Gasteiger partial charge in [0.1, 0.15) is 5.82 Å². The van der Waals surface area contributed by atoms with Crippen molar-refractivity contribution in [1.82, 2.24) is 14.9 Å². The van der Waals surface area contributed by atoms with Gasteiger partial charge in [-0.25, -0.2) is 4.39 Å². The largest absolute Gasteiger partial charge is 0.351 e. The van der Waals surface area contributed by atoms with E-state index in [0.29, 0.717) is 10.7 Å². The highest BCUT2D eigenvalue weighted by Crippen LogP contribution is 2.44. The first-order valence-electron chi connectivity index (χ1n) is 11.4. The lowest BCUT2D eigenvalue weighted by Crippen LogP contribution is -2.29. The van der Waals surface area contributed by atoms with Crippen LogP contribution in [0.1, 0.15) is 45.9 Å². The third-order valence-corrected chi connectivity index (χ3v) is 6.91. The average Bonchev–Trinajstić information content (AvgIpc) is 3.32. The summed E-state index contributed by atoms with van der Waals surface area (Å²) >= 11 is 5.83. The Hall–Kier alpha value is -3.51. The molecule has 5 rings (SSSR count). The molecule has 0 bridgehead atoms. The summed E-state index contributed by atoms with van der Waals surface area (Å²) < 4.78 is 16.4. The number of nitrogens with one attached hydrogen (secondary N) is 1. The van der Waals surface area contributed by atoms with Gasteiger partial charge < -0.3 is 14.8 Å². The first kappa shape index (κ1) is 22.3. The smallest absolute Gasteiger partial charge is 0.174 e. The number of aromatic nitrogens is 2. The van der Waals surface area contributed by atoms with Gasteiger partial charge in [0.05, 0.1) is 17.8 Å². The topological polar surface area (TPSA) is 33.1 Å². The lowest BCUT2D eigenvalue weighted by molar-refractivity contribution is 0.564. The Balaban J connectivity index is 1.68. The highest BCUT2D eigenvalue weighted by Gasteiger charge is 2.42. The molecule has 2 atom stereocenters. The quantitative estimate of drug-likeness (QED) is 0.349. The molecular weight excluding hydrogens is 443 g/mol. The summed E-state index contributed by atoms with van der Waals surface area (Å²) in [5.74, 6) is -0.225. The van der Waals surface area contributed by atoms with Gasteiger partial charge in [-0.2, -0.15) is 0 Å². The van der Waals surface area contributed by atoms with Crippen molar-refractivity contribution >= 4 is 23.0 Å². The summed E-state index contributed by atoms with van der Waals surface area (Å²) in [5, 5.41) is 4.10. The number of hydrogen-bond donors (Lipinski definition) is 1. The lowest BCUT2D eigenvalue weighted by atomic mass is 9.96. The molecule has 1 fully saturated rings. The highest BCUT2D eigenvalue weighted by molar-refractivity contribution is 7.80. The molecule has 172 valence electrons. The average molecular weight is 471 g/mol. The van der Waals surface area contributed by atoms with Crippen LogP contribution in [0.3, 0.4) is 0 Å². The van der Waals surface area contributed by atoms with E-state index in [2.05, 4.69) is 70.9 Å². The van der Waals surface area contributed by atoms with E-state index in [4.69, 9.17) is 12.2 Å². The van der Waals surface area contributed by atoms with E-state index in [1.165, 1.54) is 11.6 Å². The minimum Gasteiger partial charge on any atom is -0.351 e.